The summed E-state index contributed by atoms with van der Waals surface area (Å²) >= 11 is 0. The van der Waals surface area contributed by atoms with E-state index >= 15 is 0 Å². The molecule has 1 aliphatic heterocycles. The highest BCUT2D eigenvalue weighted by Crippen LogP contribution is 2.24. The largest absolute Gasteiger partial charge is 0.466 e. The van der Waals surface area contributed by atoms with Crippen molar-refractivity contribution in [1.29, 1.82) is 0 Å². The fourth-order valence-electron chi connectivity index (χ4n) is 1.98. The van der Waals surface area contributed by atoms with Gasteiger partial charge in [0, 0.05) is 0 Å². The molecule has 22 heavy (non-hydrogen) atoms. The molecule has 0 N–H and O–H groups in total. The van der Waals surface area contributed by atoms with Crippen LogP contribution in [0.2, 0.25) is 0 Å². The van der Waals surface area contributed by atoms with E-state index in [1.165, 1.54) is 0 Å². The fraction of sp³-hybridized carbons (Fsp3) is 0.692. The summed E-state index contributed by atoms with van der Waals surface area (Å²) in [6.45, 7) is 4.99. The summed E-state index contributed by atoms with van der Waals surface area (Å²) in [5.41, 5.74) is -0.451. The summed E-state index contributed by atoms with van der Waals surface area (Å²) in [5, 5.41) is 11.8. The summed E-state index contributed by atoms with van der Waals surface area (Å²) in [4.78, 5) is 40.0. The van der Waals surface area contributed by atoms with Crippen LogP contribution >= 0.6 is 0 Å². The van der Waals surface area contributed by atoms with E-state index in [2.05, 4.69) is 0 Å². The molecule has 0 aliphatic carbocycles. The Labute approximate surface area is 127 Å². The first kappa shape index (κ1) is 17.7. The van der Waals surface area contributed by atoms with Gasteiger partial charge in [0.05, 0.1) is 37.1 Å². The van der Waals surface area contributed by atoms with Crippen molar-refractivity contribution >= 4 is 23.6 Å². The van der Waals surface area contributed by atoms with E-state index in [0.29, 0.717) is 0 Å². The molecule has 1 aliphatic rings. The van der Waals surface area contributed by atoms with E-state index in [4.69, 9.17) is 19.0 Å². The SMILES string of the molecule is CCOC(=O)C[C@H]1C(C(=O)OCC)=[N+]([O-])O[C@@H]1C(=O)OCC. The minimum atomic E-state index is -1.39. The molecule has 9 nitrogen and oxygen atoms in total. The van der Waals surface area contributed by atoms with Crippen LogP contribution in [-0.2, 0) is 33.4 Å². The third-order valence-electron chi connectivity index (χ3n) is 2.82. The maximum Gasteiger partial charge on any atom is 0.405 e. The first-order chi connectivity index (χ1) is 10.5. The molecule has 0 amide bonds. The van der Waals surface area contributed by atoms with Gasteiger partial charge in [0.25, 0.3) is 0 Å². The molecule has 0 saturated heterocycles. The summed E-state index contributed by atoms with van der Waals surface area (Å²) in [5.74, 6) is -3.56. The molecule has 0 bridgehead atoms. The average Bonchev–Trinajstić information content (AvgIpc) is 2.76. The minimum Gasteiger partial charge on any atom is -0.466 e. The Bertz CT molecular complexity index is 473. The Kier molecular flexibility index (Phi) is 6.61. The summed E-state index contributed by atoms with van der Waals surface area (Å²) in [6.07, 6.45) is -1.76. The molecule has 0 spiro atoms. The molecule has 1 heterocycles. The van der Waals surface area contributed by atoms with Crippen LogP contribution in [0, 0.1) is 11.1 Å². The monoisotopic (exact) mass is 317 g/mol. The van der Waals surface area contributed by atoms with Crippen molar-refractivity contribution in [1.82, 2.24) is 0 Å². The fourth-order valence-corrected chi connectivity index (χ4v) is 1.98. The van der Waals surface area contributed by atoms with Crippen molar-refractivity contribution in [3.05, 3.63) is 5.21 Å². The Morgan fingerprint density at radius 3 is 2.23 bits per heavy atom. The topological polar surface area (TPSA) is 114 Å². The number of hydrogen-bond donors (Lipinski definition) is 0. The second-order valence-electron chi connectivity index (χ2n) is 4.26. The molecule has 0 aromatic heterocycles. The van der Waals surface area contributed by atoms with E-state index in [1.807, 2.05) is 0 Å². The van der Waals surface area contributed by atoms with Crippen molar-refractivity contribution in [3.8, 4) is 0 Å². The van der Waals surface area contributed by atoms with Gasteiger partial charge in [-0.25, -0.2) is 4.79 Å². The van der Waals surface area contributed by atoms with Crippen molar-refractivity contribution in [3.63, 3.8) is 0 Å². The van der Waals surface area contributed by atoms with E-state index in [9.17, 15) is 19.6 Å². The lowest BCUT2D eigenvalue weighted by atomic mass is 9.93. The van der Waals surface area contributed by atoms with E-state index in [-0.39, 0.29) is 31.1 Å². The van der Waals surface area contributed by atoms with E-state index in [0.717, 1.165) is 0 Å². The standard InChI is InChI=1S/C13H19NO8/c1-4-19-9(15)7-8-10(12(16)20-5-2)14(18)22-11(8)13(17)21-6-3/h8,11H,4-7H2,1-3H3/t8-,11-/m0/s1. The number of rotatable bonds is 7. The van der Waals surface area contributed by atoms with E-state index in [1.54, 1.807) is 20.8 Å². The second kappa shape index (κ2) is 8.20. The van der Waals surface area contributed by atoms with Crippen molar-refractivity contribution < 1.29 is 38.3 Å². The van der Waals surface area contributed by atoms with Crippen LogP contribution in [0.3, 0.4) is 0 Å². The highest BCUT2D eigenvalue weighted by molar-refractivity contribution is 6.36. The predicted octanol–water partition coefficient (Wildman–Crippen LogP) is -0.0529. The van der Waals surface area contributed by atoms with E-state index < -0.39 is 35.6 Å². The van der Waals surface area contributed by atoms with Gasteiger partial charge in [-0.2, -0.15) is 0 Å². The molecule has 9 heteroatoms. The Morgan fingerprint density at radius 1 is 1.09 bits per heavy atom. The molecule has 0 aromatic rings. The van der Waals surface area contributed by atoms with Crippen LogP contribution in [0.5, 0.6) is 0 Å². The maximum atomic E-state index is 11.8. The van der Waals surface area contributed by atoms with Gasteiger partial charge in [0.1, 0.15) is 0 Å². The van der Waals surface area contributed by atoms with Crippen LogP contribution in [-0.4, -0.2) is 54.4 Å². The van der Waals surface area contributed by atoms with Crippen LogP contribution in [0.25, 0.3) is 0 Å². The molecule has 0 aromatic carbocycles. The highest BCUT2D eigenvalue weighted by Gasteiger charge is 2.50. The zero-order chi connectivity index (χ0) is 16.7. The van der Waals surface area contributed by atoms with Gasteiger partial charge in [-0.1, -0.05) is 0 Å². The maximum absolute atomic E-state index is 11.8. The number of carbonyl (C=O) groups excluding carboxylic acids is 3. The van der Waals surface area contributed by atoms with Crippen molar-refractivity contribution in [2.24, 2.45) is 5.92 Å². The lowest BCUT2D eigenvalue weighted by Gasteiger charge is -2.16. The molecule has 1 rings (SSSR count). The third-order valence-corrected chi connectivity index (χ3v) is 2.82. The third kappa shape index (κ3) is 4.09. The first-order valence-corrected chi connectivity index (χ1v) is 6.96. The molecular formula is C13H19NO8. The number of hydrogen-bond acceptors (Lipinski definition) is 8. The zero-order valence-electron chi connectivity index (χ0n) is 12.7. The van der Waals surface area contributed by atoms with Gasteiger partial charge in [-0.15, -0.1) is 0 Å². The number of carbonyl (C=O) groups is 3. The molecule has 0 unspecified atom stereocenters. The summed E-state index contributed by atoms with van der Waals surface area (Å²) in [6, 6.07) is 0. The smallest absolute Gasteiger partial charge is 0.405 e. The number of esters is 3. The molecule has 0 radical (unpaired) electrons. The predicted molar refractivity (Wildman–Crippen MR) is 71.5 cm³/mol. The number of nitrogens with zero attached hydrogens (tertiary/aromatic N) is 1. The minimum absolute atomic E-state index is 0.0341. The van der Waals surface area contributed by atoms with Gasteiger partial charge in [0.15, 0.2) is 6.10 Å². The molecule has 0 fully saturated rings. The van der Waals surface area contributed by atoms with Crippen molar-refractivity contribution in [2.75, 3.05) is 19.8 Å². The summed E-state index contributed by atoms with van der Waals surface area (Å²) in [7, 11) is 0. The Balaban J connectivity index is 3.00. The molecular weight excluding hydrogens is 298 g/mol. The van der Waals surface area contributed by atoms with Gasteiger partial charge < -0.3 is 19.0 Å². The normalized spacial score (nSPS) is 20.3. The van der Waals surface area contributed by atoms with Gasteiger partial charge >= 0.3 is 23.6 Å². The average molecular weight is 317 g/mol. The molecule has 2 atom stereocenters. The summed E-state index contributed by atoms with van der Waals surface area (Å²) < 4.78 is 14.3. The second-order valence-corrected chi connectivity index (χ2v) is 4.26. The quantitative estimate of drug-likeness (QED) is 0.364. The zero-order valence-corrected chi connectivity index (χ0v) is 12.7. The highest BCUT2D eigenvalue weighted by atomic mass is 16.9. The molecule has 124 valence electrons. The van der Waals surface area contributed by atoms with Crippen LogP contribution in [0.1, 0.15) is 27.2 Å². The van der Waals surface area contributed by atoms with Gasteiger partial charge in [-0.05, 0) is 20.8 Å². The van der Waals surface area contributed by atoms with Crippen molar-refractivity contribution in [2.45, 2.75) is 33.3 Å². The lowest BCUT2D eigenvalue weighted by molar-refractivity contribution is -0.737. The lowest BCUT2D eigenvalue weighted by Crippen LogP contribution is -2.37. The van der Waals surface area contributed by atoms with Crippen LogP contribution in [0.15, 0.2) is 0 Å². The molecule has 0 saturated carbocycles. The first-order valence-electron chi connectivity index (χ1n) is 6.96. The Morgan fingerprint density at radius 2 is 1.68 bits per heavy atom. The van der Waals surface area contributed by atoms with Gasteiger partial charge in [-0.3, -0.25) is 14.8 Å². The van der Waals surface area contributed by atoms with Crippen LogP contribution in [0.4, 0.5) is 0 Å². The van der Waals surface area contributed by atoms with Crippen LogP contribution < -0.4 is 0 Å². The number of ether oxygens (including phenoxy) is 3. The van der Waals surface area contributed by atoms with Gasteiger partial charge in [0.2, 0.25) is 0 Å². The Hall–Kier alpha value is -2.32.